The molecule has 7 heteroatoms. The van der Waals surface area contributed by atoms with Crippen LogP contribution in [-0.4, -0.2) is 36.1 Å². The molecule has 0 spiro atoms. The van der Waals surface area contributed by atoms with Gasteiger partial charge in [-0.1, -0.05) is 18.2 Å². The summed E-state index contributed by atoms with van der Waals surface area (Å²) in [4.78, 5) is 29.9. The van der Waals surface area contributed by atoms with Gasteiger partial charge in [-0.3, -0.25) is 14.5 Å². The number of aromatic nitrogens is 1. The van der Waals surface area contributed by atoms with Crippen molar-refractivity contribution in [2.45, 2.75) is 25.9 Å². The largest absolute Gasteiger partial charge is 0.376 e. The Bertz CT molecular complexity index is 782. The van der Waals surface area contributed by atoms with Crippen molar-refractivity contribution < 1.29 is 14.3 Å². The van der Waals surface area contributed by atoms with Gasteiger partial charge in [0, 0.05) is 31.5 Å². The molecule has 1 aliphatic heterocycles. The topological polar surface area (TPSA) is 71.5 Å². The van der Waals surface area contributed by atoms with Gasteiger partial charge in [0.2, 0.25) is 11.8 Å². The van der Waals surface area contributed by atoms with Gasteiger partial charge in [-0.05, 0) is 31.1 Å². The van der Waals surface area contributed by atoms with E-state index in [1.165, 1.54) is 24.3 Å². The molecule has 1 unspecified atom stereocenters. The Labute approximate surface area is 156 Å². The van der Waals surface area contributed by atoms with Gasteiger partial charge < -0.3 is 10.1 Å². The minimum Gasteiger partial charge on any atom is -0.376 e. The molecule has 2 amide bonds. The van der Waals surface area contributed by atoms with Gasteiger partial charge in [-0.15, -0.1) is 11.3 Å². The summed E-state index contributed by atoms with van der Waals surface area (Å²) in [7, 11) is 0. The maximum atomic E-state index is 12.0. The average molecular weight is 371 g/mol. The monoisotopic (exact) mass is 371 g/mol. The number of carbonyl (C=O) groups is 2. The van der Waals surface area contributed by atoms with Crippen molar-refractivity contribution in [3.8, 4) is 0 Å². The lowest BCUT2D eigenvalue weighted by atomic mass is 10.2. The van der Waals surface area contributed by atoms with Gasteiger partial charge in [0.1, 0.15) is 0 Å². The summed E-state index contributed by atoms with van der Waals surface area (Å²) < 4.78 is 5.47. The van der Waals surface area contributed by atoms with E-state index in [0.29, 0.717) is 17.4 Å². The van der Waals surface area contributed by atoms with Crippen molar-refractivity contribution in [3.63, 3.8) is 0 Å². The zero-order valence-corrected chi connectivity index (χ0v) is 15.4. The fourth-order valence-corrected chi connectivity index (χ4v) is 3.55. The van der Waals surface area contributed by atoms with Crippen molar-refractivity contribution in [1.82, 2.24) is 10.3 Å². The molecule has 1 saturated heterocycles. The highest BCUT2D eigenvalue weighted by Gasteiger charge is 2.17. The highest BCUT2D eigenvalue weighted by molar-refractivity contribution is 7.14. The predicted octanol–water partition coefficient (Wildman–Crippen LogP) is 3.14. The minimum atomic E-state index is -0.179. The Morgan fingerprint density at radius 2 is 2.19 bits per heavy atom. The molecule has 1 N–H and O–H groups in total. The van der Waals surface area contributed by atoms with Crippen molar-refractivity contribution >= 4 is 40.0 Å². The Morgan fingerprint density at radius 1 is 1.38 bits per heavy atom. The first kappa shape index (κ1) is 18.3. The Hall–Kier alpha value is -2.51. The summed E-state index contributed by atoms with van der Waals surface area (Å²) in [5, 5.41) is 5.22. The number of hydrogen-bond donors (Lipinski definition) is 1. The Morgan fingerprint density at radius 3 is 2.88 bits per heavy atom. The molecule has 0 radical (unpaired) electrons. The zero-order valence-electron chi connectivity index (χ0n) is 14.6. The molecule has 1 atom stereocenters. The number of hydrogen-bond acceptors (Lipinski definition) is 5. The molecule has 1 fully saturated rings. The van der Waals surface area contributed by atoms with Gasteiger partial charge in [-0.2, -0.15) is 0 Å². The highest BCUT2D eigenvalue weighted by atomic mass is 32.1. The number of carbonyl (C=O) groups excluding carboxylic acids is 2. The third-order valence-electron chi connectivity index (χ3n) is 3.96. The summed E-state index contributed by atoms with van der Waals surface area (Å²) >= 11 is 1.36. The van der Waals surface area contributed by atoms with E-state index in [4.69, 9.17) is 4.74 Å². The second-order valence-electron chi connectivity index (χ2n) is 5.96. The maximum absolute atomic E-state index is 12.0. The smallest absolute Gasteiger partial charge is 0.244 e. The lowest BCUT2D eigenvalue weighted by Gasteiger charge is -2.17. The molecule has 26 heavy (non-hydrogen) atoms. The van der Waals surface area contributed by atoms with Gasteiger partial charge in [0.05, 0.1) is 17.5 Å². The normalized spacial score (nSPS) is 16.7. The quantitative estimate of drug-likeness (QED) is 0.792. The molecule has 0 aliphatic carbocycles. The number of ether oxygens (including phenoxy) is 1. The van der Waals surface area contributed by atoms with Gasteiger partial charge in [-0.25, -0.2) is 4.98 Å². The van der Waals surface area contributed by atoms with Gasteiger partial charge in [0.25, 0.3) is 0 Å². The molecule has 3 rings (SSSR count). The van der Waals surface area contributed by atoms with Crippen LogP contribution in [0.1, 0.15) is 25.5 Å². The molecule has 0 bridgehead atoms. The minimum absolute atomic E-state index is 0.115. The maximum Gasteiger partial charge on any atom is 0.244 e. The molecule has 1 aliphatic rings. The molecular weight excluding hydrogens is 350 g/mol. The molecule has 1 aromatic carbocycles. The standard InChI is InChI=1S/C19H21N3O3S/c1-14(23)22(16-6-3-2-4-7-16)19-21-15(13-26-19)9-10-18(24)20-12-17-8-5-11-25-17/h2-4,6-7,9-10,13,17H,5,8,11-12H2,1H3,(H,20,24)/b10-9+. The third-order valence-corrected chi connectivity index (χ3v) is 4.81. The van der Waals surface area contributed by atoms with E-state index in [1.54, 1.807) is 11.0 Å². The summed E-state index contributed by atoms with van der Waals surface area (Å²) in [5.74, 6) is -0.295. The lowest BCUT2D eigenvalue weighted by molar-refractivity contribution is -0.117. The first-order valence-corrected chi connectivity index (χ1v) is 9.40. The van der Waals surface area contributed by atoms with Crippen LogP contribution in [0, 0.1) is 0 Å². The Balaban J connectivity index is 1.62. The summed E-state index contributed by atoms with van der Waals surface area (Å²) in [6.07, 6.45) is 5.25. The SMILES string of the molecule is CC(=O)N(c1ccccc1)c1nc(/C=C/C(=O)NCC2CCCO2)cs1. The van der Waals surface area contributed by atoms with Gasteiger partial charge in [0.15, 0.2) is 5.13 Å². The fraction of sp³-hybridized carbons (Fsp3) is 0.316. The van der Waals surface area contributed by atoms with Crippen LogP contribution in [0.15, 0.2) is 41.8 Å². The number of para-hydroxylation sites is 1. The first-order chi connectivity index (χ1) is 12.6. The van der Waals surface area contributed by atoms with Crippen molar-refractivity contribution in [2.24, 2.45) is 0 Å². The first-order valence-electron chi connectivity index (χ1n) is 8.52. The van der Waals surface area contributed by atoms with Crippen LogP contribution in [0.2, 0.25) is 0 Å². The van der Waals surface area contributed by atoms with E-state index >= 15 is 0 Å². The molecule has 1 aromatic heterocycles. The average Bonchev–Trinajstić information content (AvgIpc) is 3.31. The van der Waals surface area contributed by atoms with Crippen LogP contribution >= 0.6 is 11.3 Å². The van der Waals surface area contributed by atoms with Crippen molar-refractivity contribution in [2.75, 3.05) is 18.1 Å². The number of thiazole rings is 1. The highest BCUT2D eigenvalue weighted by Crippen LogP contribution is 2.28. The fourth-order valence-electron chi connectivity index (χ4n) is 2.70. The van der Waals surface area contributed by atoms with E-state index in [-0.39, 0.29) is 17.9 Å². The number of nitrogens with one attached hydrogen (secondary N) is 1. The van der Waals surface area contributed by atoms with Crippen LogP contribution in [0.25, 0.3) is 6.08 Å². The predicted molar refractivity (Wildman–Crippen MR) is 102 cm³/mol. The molecule has 2 aromatic rings. The van der Waals surface area contributed by atoms with Gasteiger partial charge >= 0.3 is 0 Å². The second-order valence-corrected chi connectivity index (χ2v) is 6.79. The van der Waals surface area contributed by atoms with Crippen LogP contribution in [0.5, 0.6) is 0 Å². The van der Waals surface area contributed by atoms with E-state index in [0.717, 1.165) is 25.1 Å². The zero-order chi connectivity index (χ0) is 18.4. The van der Waals surface area contributed by atoms with Crippen LogP contribution in [-0.2, 0) is 14.3 Å². The van der Waals surface area contributed by atoms with Crippen molar-refractivity contribution in [3.05, 3.63) is 47.5 Å². The summed E-state index contributed by atoms with van der Waals surface area (Å²) in [5.41, 5.74) is 1.40. The van der Waals surface area contributed by atoms with E-state index in [2.05, 4.69) is 10.3 Å². The second kappa shape index (κ2) is 8.73. The molecular formula is C19H21N3O3S. The number of rotatable bonds is 6. The Kier molecular flexibility index (Phi) is 6.14. The van der Waals surface area contributed by atoms with E-state index in [9.17, 15) is 9.59 Å². The molecule has 6 nitrogen and oxygen atoms in total. The molecule has 0 saturated carbocycles. The number of amides is 2. The summed E-state index contributed by atoms with van der Waals surface area (Å²) in [6.45, 7) is 2.80. The number of benzene rings is 1. The third kappa shape index (κ3) is 4.77. The van der Waals surface area contributed by atoms with Crippen LogP contribution in [0.3, 0.4) is 0 Å². The molecule has 2 heterocycles. The number of anilines is 2. The van der Waals surface area contributed by atoms with Crippen LogP contribution < -0.4 is 10.2 Å². The number of nitrogens with zero attached hydrogens (tertiary/aromatic N) is 2. The van der Waals surface area contributed by atoms with Crippen LogP contribution in [0.4, 0.5) is 10.8 Å². The van der Waals surface area contributed by atoms with E-state index < -0.39 is 0 Å². The van der Waals surface area contributed by atoms with E-state index in [1.807, 2.05) is 35.7 Å². The summed E-state index contributed by atoms with van der Waals surface area (Å²) in [6, 6.07) is 9.36. The lowest BCUT2D eigenvalue weighted by Crippen LogP contribution is -2.30. The molecule has 136 valence electrons. The van der Waals surface area contributed by atoms with Crippen molar-refractivity contribution in [1.29, 1.82) is 0 Å².